The summed E-state index contributed by atoms with van der Waals surface area (Å²) < 4.78 is 1.59. The Morgan fingerprint density at radius 3 is 2.48 bits per heavy atom. The first-order chi connectivity index (χ1) is 11.0. The molecule has 0 atom stereocenters. The lowest BCUT2D eigenvalue weighted by Crippen LogP contribution is -2.17. The minimum absolute atomic E-state index is 0.184. The van der Waals surface area contributed by atoms with Crippen LogP contribution in [0.3, 0.4) is 0 Å². The van der Waals surface area contributed by atoms with Crippen LogP contribution in [0.5, 0.6) is 0 Å². The molecule has 120 valence electrons. The number of carbonyl (C=O) groups excluding carboxylic acids is 1. The van der Waals surface area contributed by atoms with Crippen molar-refractivity contribution in [2.45, 2.75) is 6.92 Å². The van der Waals surface area contributed by atoms with E-state index in [0.717, 1.165) is 20.1 Å². The third-order valence-electron chi connectivity index (χ3n) is 2.79. The molecule has 1 amide bonds. The van der Waals surface area contributed by atoms with E-state index in [9.17, 15) is 4.79 Å². The van der Waals surface area contributed by atoms with Crippen LogP contribution in [0.15, 0.2) is 50.5 Å². The molecule has 0 saturated carbocycles. The Hall–Kier alpha value is -1.37. The van der Waals surface area contributed by atoms with Gasteiger partial charge in [0.05, 0.1) is 11.9 Å². The Morgan fingerprint density at radius 1 is 1.26 bits per heavy atom. The predicted octanol–water partition coefficient (Wildman–Crippen LogP) is 5.16. The van der Waals surface area contributed by atoms with Gasteiger partial charge in [-0.05, 0) is 74.2 Å². The summed E-state index contributed by atoms with van der Waals surface area (Å²) in [6.45, 7) is 1.78. The molecule has 1 N–H and O–H groups in total. The molecule has 0 fully saturated rings. The third-order valence-corrected chi connectivity index (χ3v) is 4.30. The number of hydrogen-bond acceptors (Lipinski definition) is 3. The van der Waals surface area contributed by atoms with E-state index in [-0.39, 0.29) is 12.5 Å². The fraction of sp³-hybridized carbons (Fsp3) is 0.125. The molecule has 0 aromatic heterocycles. The lowest BCUT2D eigenvalue weighted by Gasteiger charge is -2.10. The summed E-state index contributed by atoms with van der Waals surface area (Å²) >= 11 is 12.6. The number of oxime groups is 1. The lowest BCUT2D eigenvalue weighted by atomic mass is 10.2. The van der Waals surface area contributed by atoms with Gasteiger partial charge in [0.1, 0.15) is 0 Å². The standard InChI is InChI=1S/C16H13Br2ClN2O2/c1-10-6-13(17)16(14(18)7-10)21-15(22)9-23-20-8-11-2-4-12(19)5-3-11/h2-8H,9H2,1H3,(H,21,22)/b20-8+. The van der Waals surface area contributed by atoms with Crippen molar-refractivity contribution in [3.8, 4) is 0 Å². The van der Waals surface area contributed by atoms with Crippen molar-refractivity contribution in [2.75, 3.05) is 11.9 Å². The molecular formula is C16H13Br2ClN2O2. The fourth-order valence-corrected chi connectivity index (χ4v) is 3.48. The number of nitrogens with zero attached hydrogens (tertiary/aromatic N) is 1. The number of rotatable bonds is 5. The SMILES string of the molecule is Cc1cc(Br)c(NC(=O)CO/N=C/c2ccc(Cl)cc2)c(Br)c1. The van der Waals surface area contributed by atoms with Gasteiger partial charge in [0.15, 0.2) is 6.61 Å². The average molecular weight is 461 g/mol. The van der Waals surface area contributed by atoms with Crippen molar-refractivity contribution < 1.29 is 9.63 Å². The van der Waals surface area contributed by atoms with Gasteiger partial charge in [-0.2, -0.15) is 0 Å². The predicted molar refractivity (Wildman–Crippen MR) is 100 cm³/mol. The van der Waals surface area contributed by atoms with Crippen molar-refractivity contribution in [2.24, 2.45) is 5.16 Å². The van der Waals surface area contributed by atoms with Crippen LogP contribution in [0.2, 0.25) is 5.02 Å². The highest BCUT2D eigenvalue weighted by atomic mass is 79.9. The number of amides is 1. The average Bonchev–Trinajstić information content (AvgIpc) is 2.49. The van der Waals surface area contributed by atoms with E-state index in [1.54, 1.807) is 24.3 Å². The van der Waals surface area contributed by atoms with Gasteiger partial charge < -0.3 is 10.2 Å². The molecule has 0 unspecified atom stereocenters. The molecule has 4 nitrogen and oxygen atoms in total. The second-order valence-electron chi connectivity index (χ2n) is 4.71. The van der Waals surface area contributed by atoms with E-state index in [2.05, 4.69) is 42.3 Å². The number of anilines is 1. The first-order valence-electron chi connectivity index (χ1n) is 6.62. The first kappa shape index (κ1) is 18.0. The number of nitrogens with one attached hydrogen (secondary N) is 1. The number of carbonyl (C=O) groups is 1. The van der Waals surface area contributed by atoms with Crippen LogP contribution in [-0.2, 0) is 9.63 Å². The van der Waals surface area contributed by atoms with Gasteiger partial charge in [-0.15, -0.1) is 0 Å². The first-order valence-corrected chi connectivity index (χ1v) is 8.58. The van der Waals surface area contributed by atoms with Crippen LogP contribution >= 0.6 is 43.5 Å². The second kappa shape index (κ2) is 8.47. The van der Waals surface area contributed by atoms with Crippen LogP contribution in [0.1, 0.15) is 11.1 Å². The summed E-state index contributed by atoms with van der Waals surface area (Å²) in [5, 5.41) is 7.17. The molecule has 0 spiro atoms. The van der Waals surface area contributed by atoms with Crippen molar-refractivity contribution in [3.63, 3.8) is 0 Å². The summed E-state index contributed by atoms with van der Waals surface area (Å²) in [5.74, 6) is -0.302. The van der Waals surface area contributed by atoms with E-state index >= 15 is 0 Å². The van der Waals surface area contributed by atoms with Crippen LogP contribution in [0, 0.1) is 6.92 Å². The molecule has 2 aromatic rings. The largest absolute Gasteiger partial charge is 0.386 e. The van der Waals surface area contributed by atoms with Gasteiger partial charge >= 0.3 is 0 Å². The summed E-state index contributed by atoms with van der Waals surface area (Å²) in [6.07, 6.45) is 1.52. The maximum absolute atomic E-state index is 11.9. The fourth-order valence-electron chi connectivity index (χ4n) is 1.74. The topological polar surface area (TPSA) is 50.7 Å². The molecule has 0 saturated heterocycles. The third kappa shape index (κ3) is 5.64. The molecule has 0 radical (unpaired) electrons. The van der Waals surface area contributed by atoms with Crippen molar-refractivity contribution >= 4 is 61.3 Å². The molecule has 7 heteroatoms. The van der Waals surface area contributed by atoms with Crippen molar-refractivity contribution in [1.82, 2.24) is 0 Å². The minimum atomic E-state index is -0.302. The summed E-state index contributed by atoms with van der Waals surface area (Å²) in [5.41, 5.74) is 2.57. The maximum atomic E-state index is 11.9. The lowest BCUT2D eigenvalue weighted by molar-refractivity contribution is -0.120. The van der Waals surface area contributed by atoms with Gasteiger partial charge in [0, 0.05) is 14.0 Å². The van der Waals surface area contributed by atoms with Crippen LogP contribution in [0.25, 0.3) is 0 Å². The van der Waals surface area contributed by atoms with Crippen LogP contribution < -0.4 is 5.32 Å². The van der Waals surface area contributed by atoms with E-state index in [0.29, 0.717) is 10.7 Å². The smallest absolute Gasteiger partial charge is 0.265 e. The zero-order valence-corrected chi connectivity index (χ0v) is 16.1. The van der Waals surface area contributed by atoms with Crippen LogP contribution in [-0.4, -0.2) is 18.7 Å². The summed E-state index contributed by atoms with van der Waals surface area (Å²) in [4.78, 5) is 16.9. The molecule has 2 aromatic carbocycles. The normalized spacial score (nSPS) is 10.8. The van der Waals surface area contributed by atoms with Crippen molar-refractivity contribution in [3.05, 3.63) is 61.5 Å². The Morgan fingerprint density at radius 2 is 1.87 bits per heavy atom. The van der Waals surface area contributed by atoms with Crippen LogP contribution in [0.4, 0.5) is 5.69 Å². The van der Waals surface area contributed by atoms with Gasteiger partial charge in [-0.3, -0.25) is 4.79 Å². The zero-order valence-electron chi connectivity index (χ0n) is 12.1. The summed E-state index contributed by atoms with van der Waals surface area (Å²) in [7, 11) is 0. The molecule has 0 heterocycles. The Labute approximate surface area is 156 Å². The number of hydrogen-bond donors (Lipinski definition) is 1. The van der Waals surface area contributed by atoms with Crippen molar-refractivity contribution in [1.29, 1.82) is 0 Å². The molecular weight excluding hydrogens is 447 g/mol. The molecule has 0 bridgehead atoms. The van der Waals surface area contributed by atoms with E-state index < -0.39 is 0 Å². The molecule has 0 aliphatic rings. The molecule has 2 rings (SSSR count). The Bertz CT molecular complexity index is 710. The number of halogens is 3. The van der Waals surface area contributed by atoms with Gasteiger partial charge in [0.2, 0.25) is 0 Å². The molecule has 0 aliphatic heterocycles. The second-order valence-corrected chi connectivity index (χ2v) is 6.86. The quantitative estimate of drug-likeness (QED) is 0.495. The van der Waals surface area contributed by atoms with Gasteiger partial charge in [-0.1, -0.05) is 28.9 Å². The Kier molecular flexibility index (Phi) is 6.62. The Balaban J connectivity index is 1.87. The molecule has 23 heavy (non-hydrogen) atoms. The number of benzene rings is 2. The summed E-state index contributed by atoms with van der Waals surface area (Å²) in [6, 6.07) is 10.9. The zero-order chi connectivity index (χ0) is 16.8. The highest BCUT2D eigenvalue weighted by Gasteiger charge is 2.10. The van der Waals surface area contributed by atoms with E-state index in [1.165, 1.54) is 6.21 Å². The van der Waals surface area contributed by atoms with E-state index in [4.69, 9.17) is 16.4 Å². The molecule has 0 aliphatic carbocycles. The monoisotopic (exact) mass is 458 g/mol. The van der Waals surface area contributed by atoms with E-state index in [1.807, 2.05) is 19.1 Å². The minimum Gasteiger partial charge on any atom is -0.386 e. The highest BCUT2D eigenvalue weighted by Crippen LogP contribution is 2.32. The maximum Gasteiger partial charge on any atom is 0.265 e. The highest BCUT2D eigenvalue weighted by molar-refractivity contribution is 9.11. The number of aryl methyl sites for hydroxylation is 1. The van der Waals surface area contributed by atoms with Gasteiger partial charge in [-0.25, -0.2) is 0 Å². The van der Waals surface area contributed by atoms with Gasteiger partial charge in [0.25, 0.3) is 5.91 Å².